The zero-order chi connectivity index (χ0) is 20.4. The van der Waals surface area contributed by atoms with Crippen LogP contribution in [-0.4, -0.2) is 60.7 Å². The molecule has 0 aliphatic carbocycles. The topological polar surface area (TPSA) is 91.8 Å². The number of carbonyl (C=O) groups excluding carboxylic acids is 1. The van der Waals surface area contributed by atoms with E-state index in [0.717, 1.165) is 36.8 Å². The number of hydrogen-bond donors (Lipinski definition) is 2. The molecule has 3 rings (SSSR count). The highest BCUT2D eigenvalue weighted by Gasteiger charge is 2.40. The monoisotopic (exact) mass is 405 g/mol. The molecule has 0 unspecified atom stereocenters. The van der Waals surface area contributed by atoms with Crippen molar-refractivity contribution in [2.75, 3.05) is 38.7 Å². The minimum absolute atomic E-state index is 0.0812. The summed E-state index contributed by atoms with van der Waals surface area (Å²) in [6.07, 6.45) is 1.75. The summed E-state index contributed by atoms with van der Waals surface area (Å²) < 4.78 is 5.28. The average molecular weight is 406 g/mol. The van der Waals surface area contributed by atoms with Crippen molar-refractivity contribution in [2.24, 2.45) is 0 Å². The van der Waals surface area contributed by atoms with E-state index in [-0.39, 0.29) is 24.4 Å². The summed E-state index contributed by atoms with van der Waals surface area (Å²) in [7, 11) is 1.90. The Morgan fingerprint density at radius 3 is 2.54 bits per heavy atom. The van der Waals surface area contributed by atoms with E-state index in [2.05, 4.69) is 35.0 Å². The maximum absolute atomic E-state index is 12.3. The van der Waals surface area contributed by atoms with Gasteiger partial charge >= 0.3 is 0 Å². The number of hydrogen-bond acceptors (Lipinski definition) is 6. The molecular weight excluding hydrogens is 378 g/mol. The fourth-order valence-electron chi connectivity index (χ4n) is 3.48. The lowest BCUT2D eigenvalue weighted by atomic mass is 9.70. The van der Waals surface area contributed by atoms with E-state index in [1.807, 2.05) is 24.9 Å². The third kappa shape index (κ3) is 5.08. The summed E-state index contributed by atoms with van der Waals surface area (Å²) in [6.45, 7) is 3.86. The van der Waals surface area contributed by atoms with Crippen molar-refractivity contribution in [2.45, 2.75) is 25.2 Å². The van der Waals surface area contributed by atoms with Crippen molar-refractivity contribution in [3.8, 4) is 0 Å². The Balaban J connectivity index is 0.000000878. The van der Waals surface area contributed by atoms with Crippen LogP contribution in [0.2, 0.25) is 0 Å². The number of benzene rings is 1. The zero-order valence-corrected chi connectivity index (χ0v) is 17.1. The molecule has 2 heterocycles. The lowest BCUT2D eigenvalue weighted by molar-refractivity contribution is -0.137. The number of carbonyl (C=O) groups is 2. The molecule has 0 bridgehead atoms. The van der Waals surface area contributed by atoms with Crippen molar-refractivity contribution < 1.29 is 19.4 Å². The maximum Gasteiger partial charge on any atom is 0.290 e. The van der Waals surface area contributed by atoms with Crippen molar-refractivity contribution in [3.63, 3.8) is 0 Å². The minimum Gasteiger partial charge on any atom is -0.483 e. The van der Waals surface area contributed by atoms with E-state index in [4.69, 9.17) is 19.6 Å². The first-order chi connectivity index (χ1) is 13.6. The molecule has 1 aromatic carbocycles. The maximum atomic E-state index is 12.3. The first kappa shape index (κ1) is 21.8. The number of piperidine rings is 1. The van der Waals surface area contributed by atoms with Gasteiger partial charge in [-0.1, -0.05) is 30.3 Å². The van der Waals surface area contributed by atoms with Gasteiger partial charge in [0.25, 0.3) is 6.47 Å². The Morgan fingerprint density at radius 2 is 2.00 bits per heavy atom. The Kier molecular flexibility index (Phi) is 8.41. The number of anilines is 1. The smallest absolute Gasteiger partial charge is 0.290 e. The van der Waals surface area contributed by atoms with Crippen molar-refractivity contribution in [1.82, 2.24) is 9.88 Å². The highest BCUT2D eigenvalue weighted by atomic mass is 32.1. The van der Waals surface area contributed by atoms with Crippen LogP contribution in [0.1, 0.15) is 31.0 Å². The van der Waals surface area contributed by atoms with Crippen LogP contribution in [-0.2, 0) is 19.7 Å². The first-order valence-electron chi connectivity index (χ1n) is 9.24. The second-order valence-corrected chi connectivity index (χ2v) is 7.22. The molecule has 7 nitrogen and oxygen atoms in total. The number of amides is 1. The van der Waals surface area contributed by atoms with Gasteiger partial charge in [-0.3, -0.25) is 9.59 Å². The van der Waals surface area contributed by atoms with Crippen LogP contribution in [0.25, 0.3) is 0 Å². The van der Waals surface area contributed by atoms with Crippen LogP contribution in [0.4, 0.5) is 5.13 Å². The molecule has 0 saturated carbocycles. The van der Waals surface area contributed by atoms with Gasteiger partial charge in [0.2, 0.25) is 5.91 Å². The van der Waals surface area contributed by atoms with Crippen LogP contribution < -0.4 is 5.32 Å². The Morgan fingerprint density at radius 1 is 1.36 bits per heavy atom. The molecule has 1 aliphatic heterocycles. The number of thiazole rings is 1. The standard InChI is InChI=1S/C19H25N3O2S.CH2O2/c1-3-24-13-17(23)22-11-9-19(10-12-22,15-7-5-4-6-8-15)16-14-25-18(20-2)21-16;2-1-3/h4-8,14H,3,9-13H2,1-2H3,(H,20,21);1H,(H,2,3). The van der Waals surface area contributed by atoms with Crippen LogP contribution in [0.5, 0.6) is 0 Å². The number of rotatable bonds is 6. The van der Waals surface area contributed by atoms with Gasteiger partial charge in [-0.25, -0.2) is 4.98 Å². The second kappa shape index (κ2) is 10.8. The molecular formula is C20H27N3O4S. The fourth-order valence-corrected chi connectivity index (χ4v) is 4.25. The van der Waals surface area contributed by atoms with Gasteiger partial charge in [0.15, 0.2) is 5.13 Å². The minimum atomic E-state index is -0.250. The van der Waals surface area contributed by atoms with E-state index in [1.54, 1.807) is 11.3 Å². The third-order valence-corrected chi connectivity index (χ3v) is 5.79. The molecule has 1 fully saturated rings. The average Bonchev–Trinajstić information content (AvgIpc) is 3.23. The normalized spacial score (nSPS) is 15.3. The zero-order valence-electron chi connectivity index (χ0n) is 16.3. The lowest BCUT2D eigenvalue weighted by Gasteiger charge is -2.41. The number of nitrogens with one attached hydrogen (secondary N) is 1. The molecule has 2 N–H and O–H groups in total. The highest BCUT2D eigenvalue weighted by molar-refractivity contribution is 7.13. The van der Waals surface area contributed by atoms with Gasteiger partial charge < -0.3 is 20.1 Å². The first-order valence-corrected chi connectivity index (χ1v) is 10.1. The van der Waals surface area contributed by atoms with Crippen molar-refractivity contribution >= 4 is 28.8 Å². The summed E-state index contributed by atoms with van der Waals surface area (Å²) in [5.74, 6) is 0.0812. The van der Waals surface area contributed by atoms with Crippen LogP contribution >= 0.6 is 11.3 Å². The molecule has 152 valence electrons. The van der Waals surface area contributed by atoms with Gasteiger partial charge in [-0.2, -0.15) is 0 Å². The SMILES string of the molecule is CCOCC(=O)N1CCC(c2ccccc2)(c2csc(NC)n2)CC1.O=CO. The number of carboxylic acid groups (broad SMARTS) is 1. The van der Waals surface area contributed by atoms with Gasteiger partial charge in [0, 0.05) is 37.5 Å². The molecule has 1 aromatic heterocycles. The van der Waals surface area contributed by atoms with Crippen LogP contribution in [0, 0.1) is 0 Å². The second-order valence-electron chi connectivity index (χ2n) is 6.36. The number of nitrogens with zero attached hydrogens (tertiary/aromatic N) is 2. The summed E-state index contributed by atoms with van der Waals surface area (Å²) in [5, 5.41) is 13.1. The molecule has 0 radical (unpaired) electrons. The van der Waals surface area contributed by atoms with Gasteiger partial charge in [0.1, 0.15) is 6.61 Å². The lowest BCUT2D eigenvalue weighted by Crippen LogP contribution is -2.47. The molecule has 1 saturated heterocycles. The predicted octanol–water partition coefficient (Wildman–Crippen LogP) is 2.83. The summed E-state index contributed by atoms with van der Waals surface area (Å²) >= 11 is 1.63. The van der Waals surface area contributed by atoms with Crippen LogP contribution in [0.15, 0.2) is 35.7 Å². The van der Waals surface area contributed by atoms with Crippen molar-refractivity contribution in [1.29, 1.82) is 0 Å². The fraction of sp³-hybridized carbons (Fsp3) is 0.450. The number of likely N-dealkylation sites (tertiary alicyclic amines) is 1. The van der Waals surface area contributed by atoms with E-state index in [1.165, 1.54) is 5.56 Å². The molecule has 8 heteroatoms. The van der Waals surface area contributed by atoms with Gasteiger partial charge in [-0.15, -0.1) is 11.3 Å². The molecule has 0 spiro atoms. The predicted molar refractivity (Wildman–Crippen MR) is 110 cm³/mol. The van der Waals surface area contributed by atoms with Gasteiger partial charge in [-0.05, 0) is 25.3 Å². The molecule has 0 atom stereocenters. The van der Waals surface area contributed by atoms with Gasteiger partial charge in [0.05, 0.1) is 5.69 Å². The number of aromatic nitrogens is 1. The molecule has 1 amide bonds. The summed E-state index contributed by atoms with van der Waals surface area (Å²) in [5.41, 5.74) is 2.25. The summed E-state index contributed by atoms with van der Waals surface area (Å²) in [6, 6.07) is 10.5. The summed E-state index contributed by atoms with van der Waals surface area (Å²) in [4.78, 5) is 27.3. The van der Waals surface area contributed by atoms with Crippen LogP contribution in [0.3, 0.4) is 0 Å². The third-order valence-electron chi connectivity index (χ3n) is 4.93. The molecule has 1 aliphatic rings. The Bertz CT molecular complexity index is 743. The van der Waals surface area contributed by atoms with Crippen molar-refractivity contribution in [3.05, 3.63) is 47.0 Å². The number of ether oxygens (including phenoxy) is 1. The van der Waals surface area contributed by atoms with E-state index in [9.17, 15) is 4.79 Å². The van der Waals surface area contributed by atoms with E-state index < -0.39 is 0 Å². The Labute approximate surface area is 169 Å². The quantitative estimate of drug-likeness (QED) is 0.718. The Hall–Kier alpha value is -2.45. The van der Waals surface area contributed by atoms with E-state index >= 15 is 0 Å². The molecule has 28 heavy (non-hydrogen) atoms. The highest BCUT2D eigenvalue weighted by Crippen LogP contribution is 2.42. The van der Waals surface area contributed by atoms with E-state index in [0.29, 0.717) is 6.61 Å². The molecule has 2 aromatic rings. The largest absolute Gasteiger partial charge is 0.483 e.